The van der Waals surface area contributed by atoms with Gasteiger partial charge in [0.1, 0.15) is 18.1 Å². The van der Waals surface area contributed by atoms with Gasteiger partial charge < -0.3 is 19.5 Å². The highest BCUT2D eigenvalue weighted by atomic mass is 16.5. The molecule has 1 heterocycles. The molecule has 0 unspecified atom stereocenters. The largest absolute Gasteiger partial charge is 0.496 e. The first-order valence-corrected chi connectivity index (χ1v) is 7.59. The average molecular weight is 331 g/mol. The minimum absolute atomic E-state index is 0.0968. The van der Waals surface area contributed by atoms with Crippen LogP contribution in [-0.4, -0.2) is 41.6 Å². The van der Waals surface area contributed by atoms with E-state index in [-0.39, 0.29) is 24.4 Å². The summed E-state index contributed by atoms with van der Waals surface area (Å²) in [5.41, 5.74) is 0.416. The van der Waals surface area contributed by atoms with Crippen LogP contribution in [0.5, 0.6) is 5.75 Å². The lowest BCUT2D eigenvalue weighted by Crippen LogP contribution is -2.42. The number of carbonyl (C=O) groups excluding carboxylic acids is 2. The predicted octanol–water partition coefficient (Wildman–Crippen LogP) is 2.48. The van der Waals surface area contributed by atoms with Crippen molar-refractivity contribution in [3.63, 3.8) is 0 Å². The van der Waals surface area contributed by atoms with E-state index in [2.05, 4.69) is 10.5 Å². The van der Waals surface area contributed by atoms with E-state index in [0.717, 1.165) is 0 Å². The van der Waals surface area contributed by atoms with Crippen molar-refractivity contribution in [2.45, 2.75) is 26.8 Å². The average Bonchev–Trinajstić information content (AvgIpc) is 2.96. The number of rotatable bonds is 6. The van der Waals surface area contributed by atoms with Crippen LogP contribution in [0, 0.1) is 6.92 Å². The molecule has 0 aliphatic heterocycles. The Morgan fingerprint density at radius 3 is 2.62 bits per heavy atom. The molecule has 128 valence electrons. The Balaban J connectivity index is 2.13. The number of nitrogens with one attached hydrogen (secondary N) is 1. The Morgan fingerprint density at radius 1 is 1.33 bits per heavy atom. The molecule has 0 spiro atoms. The molecule has 1 aromatic heterocycles. The van der Waals surface area contributed by atoms with Crippen molar-refractivity contribution < 1.29 is 18.8 Å². The first-order chi connectivity index (χ1) is 11.4. The lowest BCUT2D eigenvalue weighted by molar-refractivity contribution is -0.117. The van der Waals surface area contributed by atoms with Crippen LogP contribution in [0.4, 0.5) is 5.82 Å². The zero-order valence-corrected chi connectivity index (χ0v) is 14.2. The fourth-order valence-corrected chi connectivity index (χ4v) is 2.23. The third-order valence-electron chi connectivity index (χ3n) is 3.43. The molecule has 24 heavy (non-hydrogen) atoms. The molecule has 0 saturated carbocycles. The van der Waals surface area contributed by atoms with Crippen LogP contribution in [0.3, 0.4) is 0 Å². The van der Waals surface area contributed by atoms with E-state index in [9.17, 15) is 9.59 Å². The smallest absolute Gasteiger partial charge is 0.258 e. The second-order valence-corrected chi connectivity index (χ2v) is 5.60. The van der Waals surface area contributed by atoms with Crippen LogP contribution < -0.4 is 10.1 Å². The van der Waals surface area contributed by atoms with Gasteiger partial charge in [0.05, 0.1) is 12.7 Å². The quantitative estimate of drug-likeness (QED) is 0.879. The van der Waals surface area contributed by atoms with Crippen molar-refractivity contribution in [3.8, 4) is 5.75 Å². The number of para-hydroxylation sites is 1. The summed E-state index contributed by atoms with van der Waals surface area (Å²) in [5, 5.41) is 6.32. The van der Waals surface area contributed by atoms with Crippen molar-refractivity contribution in [2.24, 2.45) is 0 Å². The first-order valence-electron chi connectivity index (χ1n) is 7.59. The third-order valence-corrected chi connectivity index (χ3v) is 3.43. The fourth-order valence-electron chi connectivity index (χ4n) is 2.23. The molecule has 0 fully saturated rings. The number of nitrogens with zero attached hydrogens (tertiary/aromatic N) is 2. The summed E-state index contributed by atoms with van der Waals surface area (Å²) in [5.74, 6) is 0.775. The summed E-state index contributed by atoms with van der Waals surface area (Å²) in [4.78, 5) is 26.5. The molecule has 2 rings (SSSR count). The lowest BCUT2D eigenvalue weighted by atomic mass is 10.1. The Morgan fingerprint density at radius 2 is 2.04 bits per heavy atom. The molecule has 1 N–H and O–H groups in total. The van der Waals surface area contributed by atoms with Gasteiger partial charge in [-0.3, -0.25) is 9.59 Å². The predicted molar refractivity (Wildman–Crippen MR) is 89.0 cm³/mol. The number of carbonyl (C=O) groups is 2. The fraction of sp³-hybridized carbons (Fsp3) is 0.353. The summed E-state index contributed by atoms with van der Waals surface area (Å²) in [6, 6.07) is 8.38. The number of ether oxygens (including phenoxy) is 1. The van der Waals surface area contributed by atoms with E-state index in [1.807, 2.05) is 13.8 Å². The molecule has 2 amide bonds. The van der Waals surface area contributed by atoms with Gasteiger partial charge in [-0.15, -0.1) is 0 Å². The van der Waals surface area contributed by atoms with Crippen LogP contribution in [0.2, 0.25) is 0 Å². The monoisotopic (exact) mass is 331 g/mol. The molecule has 1 aromatic carbocycles. The summed E-state index contributed by atoms with van der Waals surface area (Å²) in [7, 11) is 1.51. The number of anilines is 1. The molecule has 0 radical (unpaired) electrons. The molecule has 7 nitrogen and oxygen atoms in total. The van der Waals surface area contributed by atoms with Crippen molar-refractivity contribution in [1.82, 2.24) is 10.1 Å². The highest BCUT2D eigenvalue weighted by molar-refractivity contribution is 6.00. The van der Waals surface area contributed by atoms with E-state index in [0.29, 0.717) is 22.9 Å². The molecule has 0 atom stereocenters. The maximum absolute atomic E-state index is 12.8. The zero-order valence-electron chi connectivity index (χ0n) is 14.2. The van der Waals surface area contributed by atoms with E-state index in [1.54, 1.807) is 37.3 Å². The maximum Gasteiger partial charge on any atom is 0.258 e. The van der Waals surface area contributed by atoms with Gasteiger partial charge in [0.15, 0.2) is 5.82 Å². The second kappa shape index (κ2) is 7.63. The number of aryl methyl sites for hydroxylation is 1. The number of benzene rings is 1. The summed E-state index contributed by atoms with van der Waals surface area (Å²) < 4.78 is 10.1. The third kappa shape index (κ3) is 4.13. The van der Waals surface area contributed by atoms with Crippen LogP contribution >= 0.6 is 0 Å². The Bertz CT molecular complexity index is 724. The maximum atomic E-state index is 12.8. The molecule has 2 aromatic rings. The molecule has 0 bridgehead atoms. The Kier molecular flexibility index (Phi) is 5.57. The number of hydrogen-bond acceptors (Lipinski definition) is 5. The summed E-state index contributed by atoms with van der Waals surface area (Å²) in [6.45, 7) is 5.33. The minimum atomic E-state index is -0.347. The van der Waals surface area contributed by atoms with E-state index in [4.69, 9.17) is 9.26 Å². The SMILES string of the molecule is COc1ccccc1C(=O)N(CC(=O)Nc1cc(C)on1)C(C)C. The molecule has 0 aliphatic carbocycles. The molecule has 0 saturated heterocycles. The highest BCUT2D eigenvalue weighted by Crippen LogP contribution is 2.20. The standard InChI is InChI=1S/C17H21N3O4/c1-11(2)20(10-16(21)18-15-9-12(3)24-19-15)17(22)13-7-5-6-8-14(13)23-4/h5-9,11H,10H2,1-4H3,(H,18,19,21). The van der Waals surface area contributed by atoms with Crippen LogP contribution in [-0.2, 0) is 4.79 Å². The number of aromatic nitrogens is 1. The van der Waals surface area contributed by atoms with Crippen molar-refractivity contribution in [2.75, 3.05) is 19.0 Å². The number of methoxy groups -OCH3 is 1. The van der Waals surface area contributed by atoms with Crippen LogP contribution in [0.15, 0.2) is 34.9 Å². The van der Waals surface area contributed by atoms with Gasteiger partial charge in [0.2, 0.25) is 5.91 Å². The normalized spacial score (nSPS) is 10.5. The number of amides is 2. The second-order valence-electron chi connectivity index (χ2n) is 5.60. The van der Waals surface area contributed by atoms with Crippen LogP contribution in [0.25, 0.3) is 0 Å². The molecular weight excluding hydrogens is 310 g/mol. The summed E-state index contributed by atoms with van der Waals surface area (Å²) >= 11 is 0. The molecule has 0 aliphatic rings. The topological polar surface area (TPSA) is 84.7 Å². The van der Waals surface area contributed by atoms with E-state index >= 15 is 0 Å². The first kappa shape index (κ1) is 17.5. The molecule has 7 heteroatoms. The van der Waals surface area contributed by atoms with Gasteiger partial charge in [0, 0.05) is 12.1 Å². The highest BCUT2D eigenvalue weighted by Gasteiger charge is 2.24. The molecular formula is C17H21N3O4. The lowest BCUT2D eigenvalue weighted by Gasteiger charge is -2.26. The minimum Gasteiger partial charge on any atom is -0.496 e. The van der Waals surface area contributed by atoms with Gasteiger partial charge in [-0.05, 0) is 32.9 Å². The van der Waals surface area contributed by atoms with Crippen molar-refractivity contribution >= 4 is 17.6 Å². The van der Waals surface area contributed by atoms with E-state index in [1.165, 1.54) is 12.0 Å². The van der Waals surface area contributed by atoms with Gasteiger partial charge in [0.25, 0.3) is 5.91 Å². The van der Waals surface area contributed by atoms with Crippen LogP contribution in [0.1, 0.15) is 30.0 Å². The number of hydrogen-bond donors (Lipinski definition) is 1. The zero-order chi connectivity index (χ0) is 17.7. The van der Waals surface area contributed by atoms with Gasteiger partial charge >= 0.3 is 0 Å². The van der Waals surface area contributed by atoms with Gasteiger partial charge in [-0.2, -0.15) is 0 Å². The Labute approximate surface area is 140 Å². The Hall–Kier alpha value is -2.83. The van der Waals surface area contributed by atoms with Gasteiger partial charge in [-0.1, -0.05) is 17.3 Å². The van der Waals surface area contributed by atoms with Crippen molar-refractivity contribution in [1.29, 1.82) is 0 Å². The van der Waals surface area contributed by atoms with Gasteiger partial charge in [-0.25, -0.2) is 0 Å². The van der Waals surface area contributed by atoms with Crippen molar-refractivity contribution in [3.05, 3.63) is 41.7 Å². The summed E-state index contributed by atoms with van der Waals surface area (Å²) in [6.07, 6.45) is 0. The van der Waals surface area contributed by atoms with E-state index < -0.39 is 0 Å².